The van der Waals surface area contributed by atoms with Gasteiger partial charge in [-0.2, -0.15) is 5.26 Å². The average Bonchev–Trinajstić information content (AvgIpc) is 2.36. The molecule has 2 fully saturated rings. The maximum Gasteiger partial charge on any atom is 0.219 e. The normalized spacial score (nSPS) is 39.9. The van der Waals surface area contributed by atoms with Gasteiger partial charge >= 0.3 is 0 Å². The lowest BCUT2D eigenvalue weighted by molar-refractivity contribution is -0.158. The third-order valence-electron chi connectivity index (χ3n) is 5.54. The van der Waals surface area contributed by atoms with Gasteiger partial charge in [0, 0.05) is 24.9 Å². The van der Waals surface area contributed by atoms with Gasteiger partial charge in [-0.3, -0.25) is 9.59 Å². The Hall–Kier alpha value is -1.37. The first-order valence-electron chi connectivity index (χ1n) is 7.34. The van der Waals surface area contributed by atoms with Crippen molar-refractivity contribution in [2.45, 2.75) is 53.5 Å². The van der Waals surface area contributed by atoms with E-state index >= 15 is 0 Å². The van der Waals surface area contributed by atoms with Gasteiger partial charge in [-0.1, -0.05) is 20.8 Å². The van der Waals surface area contributed by atoms with Gasteiger partial charge in [0.1, 0.15) is 5.92 Å². The summed E-state index contributed by atoms with van der Waals surface area (Å²) in [4.78, 5) is 26.2. The monoisotopic (exact) mass is 276 g/mol. The van der Waals surface area contributed by atoms with E-state index in [1.54, 1.807) is 6.92 Å². The van der Waals surface area contributed by atoms with Crippen LogP contribution in [0.2, 0.25) is 0 Å². The molecule has 0 aromatic rings. The summed E-state index contributed by atoms with van der Waals surface area (Å²) in [5.41, 5.74) is -0.624. The molecule has 0 spiro atoms. The SMILES string of the molecule is CC(=O)N1CC2(C)CC(C#N)C(=O)C(C)(C)[C@@H]2CC1C. The highest BCUT2D eigenvalue weighted by molar-refractivity contribution is 5.90. The van der Waals surface area contributed by atoms with E-state index in [9.17, 15) is 14.9 Å². The van der Waals surface area contributed by atoms with Crippen molar-refractivity contribution in [3.05, 3.63) is 0 Å². The highest BCUT2D eigenvalue weighted by atomic mass is 16.2. The lowest BCUT2D eigenvalue weighted by Gasteiger charge is -2.57. The summed E-state index contributed by atoms with van der Waals surface area (Å²) < 4.78 is 0. The first-order valence-corrected chi connectivity index (χ1v) is 7.34. The fraction of sp³-hybridized carbons (Fsp3) is 0.812. The van der Waals surface area contributed by atoms with Crippen molar-refractivity contribution in [3.63, 3.8) is 0 Å². The number of ketones is 1. The number of Topliss-reactive ketones (excluding diaryl/α,β-unsaturated/α-hetero) is 1. The van der Waals surface area contributed by atoms with Crippen LogP contribution in [0.25, 0.3) is 0 Å². The number of nitrogens with zero attached hydrogens (tertiary/aromatic N) is 2. The molecule has 1 heterocycles. The third kappa shape index (κ3) is 2.04. The molecule has 1 saturated carbocycles. The minimum atomic E-state index is -0.534. The molecule has 4 nitrogen and oxygen atoms in total. The molecule has 1 saturated heterocycles. The summed E-state index contributed by atoms with van der Waals surface area (Å²) in [6.45, 7) is 10.4. The van der Waals surface area contributed by atoms with Gasteiger partial charge in [0.2, 0.25) is 5.91 Å². The van der Waals surface area contributed by atoms with Gasteiger partial charge in [0.25, 0.3) is 0 Å². The van der Waals surface area contributed by atoms with Crippen LogP contribution in [0.5, 0.6) is 0 Å². The van der Waals surface area contributed by atoms with Gasteiger partial charge < -0.3 is 4.90 Å². The first-order chi connectivity index (χ1) is 9.13. The van der Waals surface area contributed by atoms with Crippen molar-refractivity contribution in [2.75, 3.05) is 6.54 Å². The molecule has 0 bridgehead atoms. The first kappa shape index (κ1) is 15.0. The predicted octanol–water partition coefficient (Wildman–Crippen LogP) is 2.39. The van der Waals surface area contributed by atoms with Crippen LogP contribution in [0.15, 0.2) is 0 Å². The number of likely N-dealkylation sites (tertiary alicyclic amines) is 1. The average molecular weight is 276 g/mol. The molecular weight excluding hydrogens is 252 g/mol. The number of hydrogen-bond donors (Lipinski definition) is 0. The molecule has 1 amide bonds. The van der Waals surface area contributed by atoms with Crippen LogP contribution in [-0.2, 0) is 9.59 Å². The molecule has 3 unspecified atom stereocenters. The Morgan fingerprint density at radius 2 is 2.00 bits per heavy atom. The highest BCUT2D eigenvalue weighted by Gasteiger charge is 2.58. The Balaban J connectivity index is 2.41. The van der Waals surface area contributed by atoms with Crippen LogP contribution >= 0.6 is 0 Å². The smallest absolute Gasteiger partial charge is 0.219 e. The molecule has 0 aromatic heterocycles. The molecule has 4 heteroatoms. The van der Waals surface area contributed by atoms with Crippen molar-refractivity contribution in [1.29, 1.82) is 5.26 Å². The molecule has 0 aromatic carbocycles. The number of carbonyl (C=O) groups is 2. The van der Waals surface area contributed by atoms with Crippen molar-refractivity contribution in [3.8, 4) is 6.07 Å². The van der Waals surface area contributed by atoms with E-state index in [0.29, 0.717) is 13.0 Å². The fourth-order valence-electron chi connectivity index (χ4n) is 4.49. The zero-order chi connectivity index (χ0) is 15.3. The summed E-state index contributed by atoms with van der Waals surface area (Å²) in [6, 6.07) is 2.33. The summed E-state index contributed by atoms with van der Waals surface area (Å²) in [5, 5.41) is 9.27. The Morgan fingerprint density at radius 1 is 1.40 bits per heavy atom. The second-order valence-corrected chi connectivity index (χ2v) is 7.41. The molecule has 110 valence electrons. The van der Waals surface area contributed by atoms with E-state index in [-0.39, 0.29) is 29.1 Å². The number of piperidine rings is 1. The zero-order valence-corrected chi connectivity index (χ0v) is 13.1. The van der Waals surface area contributed by atoms with Crippen LogP contribution < -0.4 is 0 Å². The molecular formula is C16H24N2O2. The number of carbonyl (C=O) groups excluding carboxylic acids is 2. The lowest BCUT2D eigenvalue weighted by Crippen LogP contribution is -2.61. The van der Waals surface area contributed by atoms with Gasteiger partial charge in [-0.15, -0.1) is 0 Å². The molecule has 1 aliphatic heterocycles. The molecule has 0 radical (unpaired) electrons. The van der Waals surface area contributed by atoms with E-state index in [1.165, 1.54) is 0 Å². The predicted molar refractivity (Wildman–Crippen MR) is 75.6 cm³/mol. The van der Waals surface area contributed by atoms with Crippen molar-refractivity contribution >= 4 is 11.7 Å². The van der Waals surface area contributed by atoms with E-state index < -0.39 is 11.3 Å². The van der Waals surface area contributed by atoms with Gasteiger partial charge in [0.15, 0.2) is 5.78 Å². The molecule has 4 atom stereocenters. The van der Waals surface area contributed by atoms with E-state index in [4.69, 9.17) is 0 Å². The van der Waals surface area contributed by atoms with Gasteiger partial charge in [-0.25, -0.2) is 0 Å². The summed E-state index contributed by atoms with van der Waals surface area (Å²) in [7, 11) is 0. The summed E-state index contributed by atoms with van der Waals surface area (Å²) in [5.74, 6) is -0.141. The van der Waals surface area contributed by atoms with Crippen LogP contribution in [0, 0.1) is 34.0 Å². The highest BCUT2D eigenvalue weighted by Crippen LogP contribution is 2.55. The Bertz CT molecular complexity index is 491. The van der Waals surface area contributed by atoms with Crippen LogP contribution in [0.4, 0.5) is 0 Å². The van der Waals surface area contributed by atoms with Crippen LogP contribution in [0.1, 0.15) is 47.5 Å². The van der Waals surface area contributed by atoms with E-state index in [0.717, 1.165) is 6.42 Å². The Morgan fingerprint density at radius 3 is 2.50 bits per heavy atom. The van der Waals surface area contributed by atoms with E-state index in [2.05, 4.69) is 19.9 Å². The second kappa shape index (κ2) is 4.58. The molecule has 2 rings (SSSR count). The topological polar surface area (TPSA) is 61.2 Å². The fourth-order valence-corrected chi connectivity index (χ4v) is 4.49. The van der Waals surface area contributed by atoms with E-state index in [1.807, 2.05) is 18.7 Å². The quantitative estimate of drug-likeness (QED) is 0.682. The number of hydrogen-bond acceptors (Lipinski definition) is 3. The van der Waals surface area contributed by atoms with Crippen LogP contribution in [-0.4, -0.2) is 29.2 Å². The Kier molecular flexibility index (Phi) is 3.44. The molecule has 1 aliphatic carbocycles. The maximum absolute atomic E-state index is 12.5. The number of rotatable bonds is 0. The van der Waals surface area contributed by atoms with Crippen LogP contribution in [0.3, 0.4) is 0 Å². The molecule has 20 heavy (non-hydrogen) atoms. The molecule has 0 N–H and O–H groups in total. The van der Waals surface area contributed by atoms with Gasteiger partial charge in [0.05, 0.1) is 6.07 Å². The van der Waals surface area contributed by atoms with Crippen molar-refractivity contribution in [1.82, 2.24) is 4.90 Å². The minimum absolute atomic E-state index is 0.0750. The van der Waals surface area contributed by atoms with Crippen molar-refractivity contribution < 1.29 is 9.59 Å². The minimum Gasteiger partial charge on any atom is -0.340 e. The number of fused-ring (bicyclic) bond motifs is 1. The zero-order valence-electron chi connectivity index (χ0n) is 13.1. The standard InChI is InChI=1S/C16H24N2O2/c1-10-6-13-15(3,4)14(20)12(8-17)7-16(13,5)9-18(10)11(2)19/h10,12-13H,6-7,9H2,1-5H3/t10?,12?,13-,16?/m0/s1. The Labute approximate surface area is 121 Å². The summed E-state index contributed by atoms with van der Waals surface area (Å²) in [6.07, 6.45) is 1.42. The second-order valence-electron chi connectivity index (χ2n) is 7.41. The summed E-state index contributed by atoms with van der Waals surface area (Å²) >= 11 is 0. The molecule has 2 aliphatic rings. The van der Waals surface area contributed by atoms with Crippen molar-refractivity contribution in [2.24, 2.45) is 22.7 Å². The third-order valence-corrected chi connectivity index (χ3v) is 5.54. The largest absolute Gasteiger partial charge is 0.340 e. The number of nitriles is 1. The maximum atomic E-state index is 12.5. The lowest BCUT2D eigenvalue weighted by atomic mass is 9.50. The van der Waals surface area contributed by atoms with Gasteiger partial charge in [-0.05, 0) is 31.1 Å². The number of amides is 1.